The maximum atomic E-state index is 14.1. The average molecular weight is 366 g/mol. The van der Waals surface area contributed by atoms with Crippen LogP contribution in [0.5, 0.6) is 0 Å². The molecule has 0 spiro atoms. The van der Waals surface area contributed by atoms with Crippen LogP contribution in [0, 0.1) is 34.3 Å². The minimum absolute atomic E-state index is 0.158. The molecule has 0 aliphatic carbocycles. The Morgan fingerprint density at radius 2 is 1.48 bits per heavy atom. The summed E-state index contributed by atoms with van der Waals surface area (Å²) >= 11 is 0. The molecule has 2 aromatic rings. The molecule has 1 fully saturated rings. The van der Waals surface area contributed by atoms with Crippen molar-refractivity contribution in [1.82, 2.24) is 9.80 Å². The molecular weight excluding hydrogens is 346 g/mol. The van der Waals surface area contributed by atoms with E-state index in [9.17, 15) is 8.78 Å². The molecular formula is C21H20F2N4. The molecule has 0 saturated carbocycles. The Labute approximate surface area is 157 Å². The minimum atomic E-state index is -0.306. The summed E-state index contributed by atoms with van der Waals surface area (Å²) in [5.41, 5.74) is 1.93. The van der Waals surface area contributed by atoms with Crippen LogP contribution < -0.4 is 0 Å². The standard InChI is InChI=1S/C21H20F2N4/c1-15-12-26(13-18-8-16(10-24)2-4-20(18)22)6-7-27(15)14-19-9-17(11-25)3-5-21(19)23/h2-5,8-9,15H,6-7,12-14H2,1H3/t15-/m1/s1. The van der Waals surface area contributed by atoms with Crippen LogP contribution in [0.4, 0.5) is 8.78 Å². The molecule has 0 N–H and O–H groups in total. The molecule has 0 aromatic heterocycles. The third kappa shape index (κ3) is 4.49. The van der Waals surface area contributed by atoms with Crippen LogP contribution in [-0.2, 0) is 13.1 Å². The lowest BCUT2D eigenvalue weighted by Gasteiger charge is -2.40. The zero-order valence-corrected chi connectivity index (χ0v) is 15.1. The van der Waals surface area contributed by atoms with Gasteiger partial charge in [-0.15, -0.1) is 0 Å². The van der Waals surface area contributed by atoms with Crippen molar-refractivity contribution in [1.29, 1.82) is 10.5 Å². The predicted octanol–water partition coefficient (Wildman–Crippen LogP) is 3.41. The second-order valence-corrected chi connectivity index (χ2v) is 6.89. The fourth-order valence-corrected chi connectivity index (χ4v) is 3.44. The molecule has 1 saturated heterocycles. The average Bonchev–Trinajstić information content (AvgIpc) is 2.67. The Morgan fingerprint density at radius 1 is 0.926 bits per heavy atom. The van der Waals surface area contributed by atoms with E-state index in [1.54, 1.807) is 12.1 Å². The van der Waals surface area contributed by atoms with Gasteiger partial charge in [0.1, 0.15) is 11.6 Å². The zero-order chi connectivity index (χ0) is 19.4. The molecule has 1 aliphatic rings. The number of rotatable bonds is 4. The van der Waals surface area contributed by atoms with Crippen LogP contribution in [0.3, 0.4) is 0 Å². The van der Waals surface area contributed by atoms with E-state index < -0.39 is 0 Å². The van der Waals surface area contributed by atoms with Gasteiger partial charge in [0.15, 0.2) is 0 Å². The molecule has 6 heteroatoms. The molecule has 0 amide bonds. The lowest BCUT2D eigenvalue weighted by molar-refractivity contribution is 0.0718. The summed E-state index contributed by atoms with van der Waals surface area (Å²) in [5.74, 6) is -0.613. The lowest BCUT2D eigenvalue weighted by atomic mass is 10.1. The number of benzene rings is 2. The van der Waals surface area contributed by atoms with Crippen molar-refractivity contribution in [2.75, 3.05) is 19.6 Å². The summed E-state index contributed by atoms with van der Waals surface area (Å²) < 4.78 is 28.1. The smallest absolute Gasteiger partial charge is 0.127 e. The number of nitrogens with zero attached hydrogens (tertiary/aromatic N) is 4. The van der Waals surface area contributed by atoms with Crippen molar-refractivity contribution in [2.24, 2.45) is 0 Å². The first-order chi connectivity index (χ1) is 13.0. The van der Waals surface area contributed by atoms with Gasteiger partial charge in [-0.1, -0.05) is 0 Å². The van der Waals surface area contributed by atoms with E-state index in [1.165, 1.54) is 24.3 Å². The van der Waals surface area contributed by atoms with Gasteiger partial charge >= 0.3 is 0 Å². The maximum Gasteiger partial charge on any atom is 0.127 e. The second kappa shape index (κ2) is 8.26. The predicted molar refractivity (Wildman–Crippen MR) is 97.4 cm³/mol. The highest BCUT2D eigenvalue weighted by atomic mass is 19.1. The zero-order valence-electron chi connectivity index (χ0n) is 15.1. The van der Waals surface area contributed by atoms with Crippen LogP contribution in [0.25, 0.3) is 0 Å². The fraction of sp³-hybridized carbons (Fsp3) is 0.333. The molecule has 3 rings (SSSR count). The molecule has 2 aromatic carbocycles. The van der Waals surface area contributed by atoms with Crippen molar-refractivity contribution in [3.8, 4) is 12.1 Å². The third-order valence-corrected chi connectivity index (χ3v) is 4.97. The third-order valence-electron chi connectivity index (χ3n) is 4.97. The summed E-state index contributed by atoms with van der Waals surface area (Å²) in [6.45, 7) is 5.10. The van der Waals surface area contributed by atoms with Gasteiger partial charge in [0.05, 0.1) is 23.3 Å². The summed E-state index contributed by atoms with van der Waals surface area (Å²) in [5, 5.41) is 18.0. The van der Waals surface area contributed by atoms with Crippen LogP contribution in [-0.4, -0.2) is 35.5 Å². The van der Waals surface area contributed by atoms with Gasteiger partial charge in [0.2, 0.25) is 0 Å². The Kier molecular flexibility index (Phi) is 5.81. The second-order valence-electron chi connectivity index (χ2n) is 6.89. The number of hydrogen-bond acceptors (Lipinski definition) is 4. The van der Waals surface area contributed by atoms with E-state index in [4.69, 9.17) is 10.5 Å². The van der Waals surface area contributed by atoms with Gasteiger partial charge < -0.3 is 0 Å². The lowest BCUT2D eigenvalue weighted by Crippen LogP contribution is -2.51. The monoisotopic (exact) mass is 366 g/mol. The number of halogens is 2. The number of hydrogen-bond donors (Lipinski definition) is 0. The topological polar surface area (TPSA) is 54.1 Å². The van der Waals surface area contributed by atoms with Crippen molar-refractivity contribution in [2.45, 2.75) is 26.1 Å². The summed E-state index contributed by atoms with van der Waals surface area (Å²) in [6, 6.07) is 13.0. The van der Waals surface area contributed by atoms with E-state index in [-0.39, 0.29) is 17.7 Å². The van der Waals surface area contributed by atoms with E-state index in [0.717, 1.165) is 19.6 Å². The van der Waals surface area contributed by atoms with Crippen molar-refractivity contribution < 1.29 is 8.78 Å². The Balaban J connectivity index is 1.65. The fourth-order valence-electron chi connectivity index (χ4n) is 3.44. The molecule has 1 heterocycles. The Hall–Kier alpha value is -2.80. The highest BCUT2D eigenvalue weighted by molar-refractivity contribution is 5.34. The first-order valence-electron chi connectivity index (χ1n) is 8.83. The molecule has 0 bridgehead atoms. The van der Waals surface area contributed by atoms with Crippen molar-refractivity contribution in [3.05, 3.63) is 70.3 Å². The largest absolute Gasteiger partial charge is 0.296 e. The molecule has 1 aliphatic heterocycles. The van der Waals surface area contributed by atoms with Gasteiger partial charge in [-0.25, -0.2) is 8.78 Å². The molecule has 0 unspecified atom stereocenters. The first kappa shape index (κ1) is 19.0. The number of piperazine rings is 1. The van der Waals surface area contributed by atoms with E-state index in [1.807, 2.05) is 12.1 Å². The highest BCUT2D eigenvalue weighted by Crippen LogP contribution is 2.20. The summed E-state index contributed by atoms with van der Waals surface area (Å²) in [4.78, 5) is 4.31. The van der Waals surface area contributed by atoms with Crippen LogP contribution in [0.1, 0.15) is 29.2 Å². The first-order valence-corrected chi connectivity index (χ1v) is 8.83. The molecule has 1 atom stereocenters. The SMILES string of the molecule is C[C@@H]1CN(Cc2cc(C#N)ccc2F)CCN1Cc1cc(C#N)ccc1F. The van der Waals surface area contributed by atoms with E-state index in [0.29, 0.717) is 35.3 Å². The molecule has 4 nitrogen and oxygen atoms in total. The maximum absolute atomic E-state index is 14.1. The van der Waals surface area contributed by atoms with Crippen LogP contribution >= 0.6 is 0 Å². The van der Waals surface area contributed by atoms with Crippen LogP contribution in [0.2, 0.25) is 0 Å². The highest BCUT2D eigenvalue weighted by Gasteiger charge is 2.25. The molecule has 138 valence electrons. The van der Waals surface area contributed by atoms with Gasteiger partial charge in [0.25, 0.3) is 0 Å². The van der Waals surface area contributed by atoms with Gasteiger partial charge in [0, 0.05) is 49.9 Å². The Bertz CT molecular complexity index is 913. The summed E-state index contributed by atoms with van der Waals surface area (Å²) in [6.07, 6.45) is 0. The van der Waals surface area contributed by atoms with E-state index in [2.05, 4.69) is 16.7 Å². The Morgan fingerprint density at radius 3 is 2.00 bits per heavy atom. The molecule has 27 heavy (non-hydrogen) atoms. The van der Waals surface area contributed by atoms with E-state index >= 15 is 0 Å². The number of nitriles is 2. The summed E-state index contributed by atoms with van der Waals surface area (Å²) in [7, 11) is 0. The van der Waals surface area contributed by atoms with Crippen molar-refractivity contribution in [3.63, 3.8) is 0 Å². The minimum Gasteiger partial charge on any atom is -0.296 e. The molecule has 0 radical (unpaired) electrons. The van der Waals surface area contributed by atoms with Gasteiger partial charge in [-0.05, 0) is 43.3 Å². The van der Waals surface area contributed by atoms with Gasteiger partial charge in [-0.3, -0.25) is 9.80 Å². The quantitative estimate of drug-likeness (QED) is 0.832. The van der Waals surface area contributed by atoms with Gasteiger partial charge in [-0.2, -0.15) is 10.5 Å². The normalized spacial score (nSPS) is 18.0. The van der Waals surface area contributed by atoms with Crippen molar-refractivity contribution >= 4 is 0 Å². The van der Waals surface area contributed by atoms with Crippen LogP contribution in [0.15, 0.2) is 36.4 Å².